The molecule has 7 nitrogen and oxygen atoms in total. The monoisotopic (exact) mass is 444 g/mol. The summed E-state index contributed by atoms with van der Waals surface area (Å²) in [6, 6.07) is 5.37. The van der Waals surface area contributed by atoms with Gasteiger partial charge >= 0.3 is 0 Å². The highest BCUT2D eigenvalue weighted by Gasteiger charge is 2.43. The number of amidine groups is 1. The Labute approximate surface area is 180 Å². The van der Waals surface area contributed by atoms with Gasteiger partial charge < -0.3 is 15.4 Å². The first-order chi connectivity index (χ1) is 13.4. The number of halogens is 1. The summed E-state index contributed by atoms with van der Waals surface area (Å²) in [6.45, 7) is 8.01. The van der Waals surface area contributed by atoms with Gasteiger partial charge in [0, 0.05) is 39.9 Å². The van der Waals surface area contributed by atoms with E-state index in [4.69, 9.17) is 9.73 Å². The molecule has 1 aromatic rings. The van der Waals surface area contributed by atoms with E-state index in [1.54, 1.807) is 23.5 Å². The van der Waals surface area contributed by atoms with Gasteiger partial charge in [-0.05, 0) is 56.4 Å². The summed E-state index contributed by atoms with van der Waals surface area (Å²) >= 11 is 0. The van der Waals surface area contributed by atoms with Crippen molar-refractivity contribution in [1.29, 1.82) is 0 Å². The predicted octanol–water partition coefficient (Wildman–Crippen LogP) is 1.88. The summed E-state index contributed by atoms with van der Waals surface area (Å²) in [7, 11) is -1.77. The normalized spacial score (nSPS) is 19.5. The molecule has 2 N–H and O–H groups in total. The SMILES string of the molecule is COCCCNC1=NCCNC12CCN(S(=O)(=O)c1ccc(C)c(C)c1)CC2.Cl. The maximum atomic E-state index is 13.1. The van der Waals surface area contributed by atoms with Crippen LogP contribution in [0.1, 0.15) is 30.4 Å². The van der Waals surface area contributed by atoms with Crippen LogP contribution in [-0.2, 0) is 14.8 Å². The number of hydrogen-bond donors (Lipinski definition) is 2. The summed E-state index contributed by atoms with van der Waals surface area (Å²) in [5, 5.41) is 7.06. The predicted molar refractivity (Wildman–Crippen MR) is 119 cm³/mol. The standard InChI is InChI=1S/C20H32N4O3S.ClH/c1-16-5-6-18(15-17(16)2)28(25,26)24-12-7-20(8-13-24)19(22-10-11-23-20)21-9-4-14-27-3;/h5-6,15,23H,4,7-14H2,1-3H3,(H,21,22);1H. The van der Waals surface area contributed by atoms with Gasteiger partial charge in [-0.1, -0.05) is 6.07 Å². The fraction of sp³-hybridized carbons (Fsp3) is 0.650. The quantitative estimate of drug-likeness (QED) is 0.654. The lowest BCUT2D eigenvalue weighted by Gasteiger charge is -2.44. The second kappa shape index (κ2) is 10.2. The summed E-state index contributed by atoms with van der Waals surface area (Å²) in [6.07, 6.45) is 2.35. The number of hydrogen-bond acceptors (Lipinski definition) is 6. The van der Waals surface area contributed by atoms with Gasteiger partial charge in [0.15, 0.2) is 0 Å². The minimum absolute atomic E-state index is 0. The van der Waals surface area contributed by atoms with Crippen LogP contribution in [0.2, 0.25) is 0 Å². The molecule has 1 spiro atoms. The Morgan fingerprint density at radius 3 is 2.62 bits per heavy atom. The fourth-order valence-corrected chi connectivity index (χ4v) is 5.42. The van der Waals surface area contributed by atoms with Crippen LogP contribution in [0.5, 0.6) is 0 Å². The first-order valence-corrected chi connectivity index (χ1v) is 11.4. The number of nitrogens with zero attached hydrogens (tertiary/aromatic N) is 2. The molecule has 0 aliphatic carbocycles. The summed E-state index contributed by atoms with van der Waals surface area (Å²) in [5.41, 5.74) is 1.85. The molecular formula is C20H33ClN4O3S. The average Bonchev–Trinajstić information content (AvgIpc) is 2.69. The molecule has 0 aromatic heterocycles. The van der Waals surface area contributed by atoms with Gasteiger partial charge in [-0.25, -0.2) is 8.42 Å². The van der Waals surface area contributed by atoms with E-state index in [1.807, 2.05) is 19.9 Å². The lowest BCUT2D eigenvalue weighted by atomic mass is 9.85. The van der Waals surface area contributed by atoms with Crippen LogP contribution < -0.4 is 10.6 Å². The van der Waals surface area contributed by atoms with Crippen LogP contribution in [0.3, 0.4) is 0 Å². The van der Waals surface area contributed by atoms with E-state index in [1.165, 1.54) is 0 Å². The van der Waals surface area contributed by atoms with Gasteiger partial charge in [0.05, 0.1) is 17.0 Å². The van der Waals surface area contributed by atoms with Crippen LogP contribution in [-0.4, -0.2) is 70.5 Å². The van der Waals surface area contributed by atoms with Gasteiger partial charge in [-0.15, -0.1) is 12.4 Å². The van der Waals surface area contributed by atoms with E-state index in [0.29, 0.717) is 37.4 Å². The Morgan fingerprint density at radius 1 is 1.24 bits per heavy atom. The van der Waals surface area contributed by atoms with Crippen LogP contribution in [0.4, 0.5) is 0 Å². The molecule has 0 bridgehead atoms. The Hall–Kier alpha value is -1.19. The number of ether oxygens (including phenoxy) is 1. The molecule has 2 heterocycles. The van der Waals surface area contributed by atoms with Crippen molar-refractivity contribution < 1.29 is 13.2 Å². The molecule has 0 amide bonds. The highest BCUT2D eigenvalue weighted by atomic mass is 35.5. The van der Waals surface area contributed by atoms with Crippen molar-refractivity contribution in [2.24, 2.45) is 4.99 Å². The zero-order valence-electron chi connectivity index (χ0n) is 17.5. The first kappa shape index (κ1) is 24.1. The molecule has 0 saturated carbocycles. The van der Waals surface area contributed by atoms with Crippen LogP contribution in [0, 0.1) is 13.8 Å². The zero-order chi connectivity index (χ0) is 20.2. The molecule has 0 unspecified atom stereocenters. The first-order valence-electron chi connectivity index (χ1n) is 9.99. The van der Waals surface area contributed by atoms with E-state index in [0.717, 1.165) is 43.0 Å². The number of piperidine rings is 1. The van der Waals surface area contributed by atoms with E-state index in [2.05, 4.69) is 10.6 Å². The molecule has 2 aliphatic heterocycles. The Morgan fingerprint density at radius 2 is 1.97 bits per heavy atom. The molecule has 0 atom stereocenters. The third kappa shape index (κ3) is 5.30. The van der Waals surface area contributed by atoms with Gasteiger partial charge in [0.25, 0.3) is 0 Å². The smallest absolute Gasteiger partial charge is 0.243 e. The lowest BCUT2D eigenvalue weighted by molar-refractivity contribution is 0.195. The molecule has 29 heavy (non-hydrogen) atoms. The third-order valence-electron chi connectivity index (χ3n) is 5.81. The highest BCUT2D eigenvalue weighted by molar-refractivity contribution is 7.89. The van der Waals surface area contributed by atoms with E-state index < -0.39 is 10.0 Å². The van der Waals surface area contributed by atoms with E-state index in [-0.39, 0.29) is 17.9 Å². The zero-order valence-corrected chi connectivity index (χ0v) is 19.2. The number of aliphatic imine (C=N–C) groups is 1. The number of rotatable bonds is 6. The summed E-state index contributed by atoms with van der Waals surface area (Å²) < 4.78 is 32.9. The third-order valence-corrected chi connectivity index (χ3v) is 7.70. The molecule has 0 radical (unpaired) electrons. The highest BCUT2D eigenvalue weighted by Crippen LogP contribution is 2.29. The van der Waals surface area contributed by atoms with Crippen LogP contribution in [0.15, 0.2) is 28.1 Å². The molecule has 2 aliphatic rings. The van der Waals surface area contributed by atoms with Crippen LogP contribution in [0.25, 0.3) is 0 Å². The largest absolute Gasteiger partial charge is 0.385 e. The van der Waals surface area contributed by atoms with Crippen molar-refractivity contribution >= 4 is 28.3 Å². The molecule has 9 heteroatoms. The van der Waals surface area contributed by atoms with Crippen molar-refractivity contribution in [3.05, 3.63) is 29.3 Å². The lowest BCUT2D eigenvalue weighted by Crippen LogP contribution is -2.64. The number of sulfonamides is 1. The Balaban J connectivity index is 0.00000300. The van der Waals surface area contributed by atoms with Crippen molar-refractivity contribution in [2.45, 2.75) is 43.5 Å². The summed E-state index contributed by atoms with van der Waals surface area (Å²) in [4.78, 5) is 5.09. The van der Waals surface area contributed by atoms with E-state index >= 15 is 0 Å². The maximum absolute atomic E-state index is 13.1. The molecule has 1 saturated heterocycles. The van der Waals surface area contributed by atoms with Gasteiger partial charge in [-0.2, -0.15) is 4.31 Å². The summed E-state index contributed by atoms with van der Waals surface area (Å²) in [5.74, 6) is 0.970. The fourth-order valence-electron chi connectivity index (χ4n) is 3.89. The van der Waals surface area contributed by atoms with Gasteiger partial charge in [0.1, 0.15) is 5.84 Å². The molecule has 3 rings (SSSR count). The maximum Gasteiger partial charge on any atom is 0.243 e. The minimum atomic E-state index is -3.47. The number of benzene rings is 1. The molecule has 1 fully saturated rings. The van der Waals surface area contributed by atoms with Crippen molar-refractivity contribution in [3.63, 3.8) is 0 Å². The Kier molecular flexibility index (Phi) is 8.48. The average molecular weight is 445 g/mol. The topological polar surface area (TPSA) is 83.0 Å². The van der Waals surface area contributed by atoms with Crippen molar-refractivity contribution in [1.82, 2.24) is 14.9 Å². The number of aryl methyl sites for hydroxylation is 2. The van der Waals surface area contributed by atoms with Crippen molar-refractivity contribution in [3.8, 4) is 0 Å². The van der Waals surface area contributed by atoms with E-state index in [9.17, 15) is 8.42 Å². The van der Waals surface area contributed by atoms with Gasteiger partial charge in [-0.3, -0.25) is 4.99 Å². The minimum Gasteiger partial charge on any atom is -0.385 e. The van der Waals surface area contributed by atoms with Gasteiger partial charge in [0.2, 0.25) is 10.0 Å². The van der Waals surface area contributed by atoms with Crippen LogP contribution >= 0.6 is 12.4 Å². The molecule has 1 aromatic carbocycles. The van der Waals surface area contributed by atoms with Crippen molar-refractivity contribution in [2.75, 3.05) is 46.4 Å². The second-order valence-corrected chi connectivity index (χ2v) is 9.60. The molecule has 164 valence electrons. The second-order valence-electron chi connectivity index (χ2n) is 7.66. The number of methoxy groups -OCH3 is 1. The number of nitrogens with one attached hydrogen (secondary N) is 2. The Bertz CT molecular complexity index is 821. The molecular weight excluding hydrogens is 412 g/mol.